The average molecular weight is 413 g/mol. The number of ether oxygens (including phenoxy) is 1. The minimum Gasteiger partial charge on any atom is -0.468 e. The van der Waals surface area contributed by atoms with Crippen LogP contribution >= 0.6 is 0 Å². The summed E-state index contributed by atoms with van der Waals surface area (Å²) >= 11 is 0. The number of hydrogen-bond donors (Lipinski definition) is 0. The van der Waals surface area contributed by atoms with Crippen LogP contribution in [-0.2, 0) is 15.0 Å². The minimum absolute atomic E-state index is 0.0521. The largest absolute Gasteiger partial charge is 0.468 e. The first-order chi connectivity index (χ1) is 13.9. The number of ketones is 2. The van der Waals surface area contributed by atoms with E-state index in [4.69, 9.17) is 9.15 Å². The Labute approximate surface area is 178 Å². The Morgan fingerprint density at radius 1 is 1.20 bits per heavy atom. The molecule has 5 nitrogen and oxygen atoms in total. The summed E-state index contributed by atoms with van der Waals surface area (Å²) < 4.78 is 11.4. The van der Waals surface area contributed by atoms with Crippen molar-refractivity contribution in [2.45, 2.75) is 67.2 Å². The van der Waals surface area contributed by atoms with E-state index >= 15 is 0 Å². The molecule has 0 aromatic carbocycles. The second kappa shape index (κ2) is 8.58. The van der Waals surface area contributed by atoms with Crippen LogP contribution in [0.3, 0.4) is 0 Å². The minimum atomic E-state index is -0.859. The molecular formula is C25H32O5. The molecule has 0 unspecified atom stereocenters. The Kier molecular flexibility index (Phi) is 6.75. The summed E-state index contributed by atoms with van der Waals surface area (Å²) in [4.78, 5) is 37.9. The van der Waals surface area contributed by atoms with Gasteiger partial charge >= 0.3 is 0 Å². The molecule has 0 fully saturated rings. The molecule has 0 amide bonds. The third kappa shape index (κ3) is 3.85. The average Bonchev–Trinajstić information content (AvgIpc) is 2.69. The monoisotopic (exact) mass is 412 g/mol. The molecule has 0 saturated carbocycles. The van der Waals surface area contributed by atoms with Crippen LogP contribution in [0.25, 0.3) is 0 Å². The lowest BCUT2D eigenvalue weighted by Crippen LogP contribution is -2.33. The molecule has 0 aliphatic heterocycles. The van der Waals surface area contributed by atoms with Gasteiger partial charge in [-0.3, -0.25) is 14.4 Å². The molecule has 2 atom stereocenters. The molecule has 30 heavy (non-hydrogen) atoms. The van der Waals surface area contributed by atoms with Gasteiger partial charge in [-0.15, -0.1) is 0 Å². The number of Topliss-reactive ketones (excluding diaryl/α,β-unsaturated/α-hetero) is 2. The molecule has 1 aromatic rings. The predicted molar refractivity (Wildman–Crippen MR) is 118 cm³/mol. The molecule has 2 rings (SSSR count). The van der Waals surface area contributed by atoms with E-state index in [1.807, 2.05) is 39.8 Å². The Bertz CT molecular complexity index is 1050. The van der Waals surface area contributed by atoms with Crippen molar-refractivity contribution in [3.05, 3.63) is 61.6 Å². The van der Waals surface area contributed by atoms with E-state index in [2.05, 4.69) is 0 Å². The fraction of sp³-hybridized carbons (Fsp3) is 0.480. The van der Waals surface area contributed by atoms with Crippen molar-refractivity contribution in [3.8, 4) is 5.95 Å². The number of carbonyl (C=O) groups is 2. The standard InChI is InChI=1S/C25H32O5/c1-10-19(26)13(2)11-14(3)20-16(5)21(27)15(4)12-25(20,8)23-17(6)22(28)18(7)24(29-9)30-23/h11-13H,10H2,1-9H3/b14-11+/t13-,25+/m0/s1. The van der Waals surface area contributed by atoms with Gasteiger partial charge in [-0.1, -0.05) is 26.0 Å². The molecule has 0 spiro atoms. The molecular weight excluding hydrogens is 380 g/mol. The smallest absolute Gasteiger partial charge is 0.291 e. The molecule has 0 bridgehead atoms. The van der Waals surface area contributed by atoms with E-state index in [0.29, 0.717) is 34.5 Å². The van der Waals surface area contributed by atoms with E-state index in [1.54, 1.807) is 27.7 Å². The van der Waals surface area contributed by atoms with Crippen molar-refractivity contribution in [1.82, 2.24) is 0 Å². The summed E-state index contributed by atoms with van der Waals surface area (Å²) in [6.45, 7) is 14.5. The van der Waals surface area contributed by atoms with Gasteiger partial charge in [0.1, 0.15) is 11.5 Å². The van der Waals surface area contributed by atoms with Gasteiger partial charge in [0.05, 0.1) is 18.1 Å². The highest BCUT2D eigenvalue weighted by atomic mass is 16.6. The summed E-state index contributed by atoms with van der Waals surface area (Å²) in [5.74, 6) is 0.408. The van der Waals surface area contributed by atoms with Gasteiger partial charge in [0, 0.05) is 23.5 Å². The van der Waals surface area contributed by atoms with Crippen LogP contribution in [0.2, 0.25) is 0 Å². The summed E-state index contributed by atoms with van der Waals surface area (Å²) in [5.41, 5.74) is 2.63. The lowest BCUT2D eigenvalue weighted by atomic mass is 9.67. The van der Waals surface area contributed by atoms with Gasteiger partial charge in [0.15, 0.2) is 11.2 Å². The molecule has 162 valence electrons. The number of methoxy groups -OCH3 is 1. The number of rotatable bonds is 6. The topological polar surface area (TPSA) is 73.6 Å². The maximum atomic E-state index is 12.9. The molecule has 1 aromatic heterocycles. The molecule has 0 N–H and O–H groups in total. The highest BCUT2D eigenvalue weighted by molar-refractivity contribution is 6.10. The quantitative estimate of drug-likeness (QED) is 0.662. The zero-order chi connectivity index (χ0) is 23.0. The van der Waals surface area contributed by atoms with Crippen molar-refractivity contribution >= 4 is 11.6 Å². The first kappa shape index (κ1) is 23.6. The van der Waals surface area contributed by atoms with Crippen molar-refractivity contribution in [3.63, 3.8) is 0 Å². The van der Waals surface area contributed by atoms with Crippen LogP contribution in [0.4, 0.5) is 0 Å². The third-order valence-corrected chi connectivity index (χ3v) is 6.03. The van der Waals surface area contributed by atoms with Gasteiger partial charge < -0.3 is 9.15 Å². The van der Waals surface area contributed by atoms with Crippen LogP contribution in [0.1, 0.15) is 64.9 Å². The normalized spacial score (nSPS) is 20.9. The van der Waals surface area contributed by atoms with Crippen molar-refractivity contribution in [2.24, 2.45) is 5.92 Å². The highest BCUT2D eigenvalue weighted by Gasteiger charge is 2.41. The second-order valence-corrected chi connectivity index (χ2v) is 8.32. The van der Waals surface area contributed by atoms with Gasteiger partial charge in [0.25, 0.3) is 5.95 Å². The lowest BCUT2D eigenvalue weighted by molar-refractivity contribution is -0.120. The van der Waals surface area contributed by atoms with Crippen LogP contribution in [-0.4, -0.2) is 18.7 Å². The van der Waals surface area contributed by atoms with Crippen molar-refractivity contribution in [1.29, 1.82) is 0 Å². The van der Waals surface area contributed by atoms with Crippen LogP contribution in [0.5, 0.6) is 5.95 Å². The van der Waals surface area contributed by atoms with E-state index in [-0.39, 0.29) is 28.9 Å². The lowest BCUT2D eigenvalue weighted by Gasteiger charge is -2.35. The van der Waals surface area contributed by atoms with Gasteiger partial charge in [-0.25, -0.2) is 0 Å². The van der Waals surface area contributed by atoms with Crippen LogP contribution in [0.15, 0.2) is 43.7 Å². The summed E-state index contributed by atoms with van der Waals surface area (Å²) in [6, 6.07) is 0. The number of hydrogen-bond acceptors (Lipinski definition) is 5. The molecule has 1 aliphatic rings. The highest BCUT2D eigenvalue weighted by Crippen LogP contribution is 2.45. The summed E-state index contributed by atoms with van der Waals surface area (Å²) in [7, 11) is 1.46. The Morgan fingerprint density at radius 2 is 1.80 bits per heavy atom. The van der Waals surface area contributed by atoms with E-state index in [1.165, 1.54) is 7.11 Å². The summed E-state index contributed by atoms with van der Waals surface area (Å²) in [5, 5.41) is 0. The van der Waals surface area contributed by atoms with Crippen LogP contribution < -0.4 is 10.2 Å². The maximum absolute atomic E-state index is 12.9. The number of allylic oxidation sites excluding steroid dienone is 6. The first-order valence-electron chi connectivity index (χ1n) is 10.3. The van der Waals surface area contributed by atoms with Crippen molar-refractivity contribution < 1.29 is 18.7 Å². The molecule has 1 heterocycles. The summed E-state index contributed by atoms with van der Waals surface area (Å²) in [6.07, 6.45) is 4.19. The fourth-order valence-electron chi connectivity index (χ4n) is 4.54. The van der Waals surface area contributed by atoms with E-state index in [9.17, 15) is 14.4 Å². The number of carbonyl (C=O) groups excluding carboxylic acids is 2. The zero-order valence-electron chi connectivity index (χ0n) is 19.5. The Balaban J connectivity index is 2.86. The molecule has 5 heteroatoms. The zero-order valence-corrected chi connectivity index (χ0v) is 19.5. The van der Waals surface area contributed by atoms with Crippen LogP contribution in [0, 0.1) is 19.8 Å². The SMILES string of the molecule is CCC(=O)[C@@H](C)/C=C(\C)C1=C(C)C(=O)C(C)=C[C@@]1(C)c1oc(OC)c(C)c(=O)c1C. The molecule has 0 radical (unpaired) electrons. The molecule has 1 aliphatic carbocycles. The van der Waals surface area contributed by atoms with Gasteiger partial charge in [-0.05, 0) is 58.3 Å². The third-order valence-electron chi connectivity index (χ3n) is 6.03. The maximum Gasteiger partial charge on any atom is 0.291 e. The first-order valence-corrected chi connectivity index (χ1v) is 10.3. The predicted octanol–water partition coefficient (Wildman–Crippen LogP) is 4.93. The van der Waals surface area contributed by atoms with Gasteiger partial charge in [0.2, 0.25) is 0 Å². The second-order valence-electron chi connectivity index (χ2n) is 8.32. The Hall–Kier alpha value is -2.69. The van der Waals surface area contributed by atoms with E-state index in [0.717, 1.165) is 11.1 Å². The Morgan fingerprint density at radius 3 is 2.33 bits per heavy atom. The van der Waals surface area contributed by atoms with E-state index < -0.39 is 5.41 Å². The fourth-order valence-corrected chi connectivity index (χ4v) is 4.54. The molecule has 0 saturated heterocycles. The van der Waals surface area contributed by atoms with Crippen molar-refractivity contribution in [2.75, 3.05) is 7.11 Å². The van der Waals surface area contributed by atoms with Gasteiger partial charge in [-0.2, -0.15) is 0 Å².